The first-order valence-electron chi connectivity index (χ1n) is 11.7. The minimum atomic E-state index is -0.113. The smallest absolute Gasteiger partial charge is 0.309 e. The van der Waals surface area contributed by atoms with Gasteiger partial charge in [0, 0.05) is 28.7 Å². The molecule has 2 heterocycles. The summed E-state index contributed by atoms with van der Waals surface area (Å²) in [4.78, 5) is 12.5. The van der Waals surface area contributed by atoms with Gasteiger partial charge in [0.25, 0.3) is 0 Å². The van der Waals surface area contributed by atoms with E-state index in [2.05, 4.69) is 72.4 Å². The number of aromatic nitrogens is 1. The Morgan fingerprint density at radius 2 is 1.90 bits per heavy atom. The molecule has 0 amide bonds. The van der Waals surface area contributed by atoms with Gasteiger partial charge in [-0.2, -0.15) is 0 Å². The average molecular weight is 419 g/mol. The predicted molar refractivity (Wildman–Crippen MR) is 127 cm³/mol. The van der Waals surface area contributed by atoms with Crippen molar-refractivity contribution in [2.24, 2.45) is 5.92 Å². The van der Waals surface area contributed by atoms with Crippen molar-refractivity contribution in [1.29, 1.82) is 0 Å². The average Bonchev–Trinajstić information content (AvgIpc) is 3.17. The van der Waals surface area contributed by atoms with Crippen molar-refractivity contribution in [2.75, 3.05) is 19.7 Å². The van der Waals surface area contributed by atoms with Crippen LogP contribution in [0.15, 0.2) is 48.7 Å². The van der Waals surface area contributed by atoms with Gasteiger partial charge in [0.1, 0.15) is 0 Å². The molecule has 0 aliphatic carbocycles. The van der Waals surface area contributed by atoms with Crippen molar-refractivity contribution in [2.45, 2.75) is 52.5 Å². The van der Waals surface area contributed by atoms with E-state index in [1.54, 1.807) is 0 Å². The summed E-state index contributed by atoms with van der Waals surface area (Å²) in [5.74, 6) is -0.201. The van der Waals surface area contributed by atoms with Crippen LogP contribution in [0.5, 0.6) is 0 Å². The zero-order chi connectivity index (χ0) is 21.8. The highest BCUT2D eigenvalue weighted by Crippen LogP contribution is 2.38. The quantitative estimate of drug-likeness (QED) is 0.503. The van der Waals surface area contributed by atoms with Crippen LogP contribution >= 0.6 is 0 Å². The van der Waals surface area contributed by atoms with Gasteiger partial charge < -0.3 is 14.6 Å². The number of nitrogens with zero attached hydrogens (tertiary/aromatic N) is 1. The van der Waals surface area contributed by atoms with E-state index < -0.39 is 0 Å². The molecule has 1 saturated heterocycles. The van der Waals surface area contributed by atoms with Crippen LogP contribution < -0.4 is 5.32 Å². The fourth-order valence-corrected chi connectivity index (χ4v) is 4.99. The third kappa shape index (κ3) is 4.40. The van der Waals surface area contributed by atoms with Gasteiger partial charge in [-0.25, -0.2) is 0 Å². The molecule has 1 N–H and O–H groups in total. The first-order valence-corrected chi connectivity index (χ1v) is 11.7. The number of nitrogens with one attached hydrogen (secondary N) is 1. The second kappa shape index (κ2) is 9.69. The Morgan fingerprint density at radius 1 is 1.13 bits per heavy atom. The summed E-state index contributed by atoms with van der Waals surface area (Å²) in [5, 5.41) is 4.77. The summed E-state index contributed by atoms with van der Waals surface area (Å²) in [6.45, 7) is 8.69. The standard InChI is InChI=1S/C27H34N2O2/c1-4-20(27(30)31-5-2)17-21-10-8-9-19(3)26(21)24-18-29(22-13-15-28-16-14-22)25-12-7-6-11-23(24)25/h6-12,18,20,22,28H,4-5,13-17H2,1-3H3. The Balaban J connectivity index is 1.80. The lowest BCUT2D eigenvalue weighted by Gasteiger charge is -2.25. The number of fused-ring (bicyclic) bond motifs is 1. The zero-order valence-corrected chi connectivity index (χ0v) is 19.0. The maximum Gasteiger partial charge on any atom is 0.309 e. The molecule has 1 unspecified atom stereocenters. The summed E-state index contributed by atoms with van der Waals surface area (Å²) in [7, 11) is 0. The zero-order valence-electron chi connectivity index (χ0n) is 19.0. The fraction of sp³-hybridized carbons (Fsp3) is 0.444. The van der Waals surface area contributed by atoms with E-state index >= 15 is 0 Å². The first kappa shape index (κ1) is 21.6. The number of ether oxygens (including phenoxy) is 1. The van der Waals surface area contributed by atoms with Gasteiger partial charge in [-0.3, -0.25) is 4.79 Å². The minimum absolute atomic E-state index is 0.0883. The number of piperidine rings is 1. The number of carbonyl (C=O) groups excluding carboxylic acids is 1. The lowest BCUT2D eigenvalue weighted by Crippen LogP contribution is -2.29. The molecule has 1 aliphatic heterocycles. The molecule has 3 aromatic rings. The van der Waals surface area contributed by atoms with Crippen LogP contribution in [0.4, 0.5) is 0 Å². The van der Waals surface area contributed by atoms with E-state index in [0.717, 1.165) is 32.4 Å². The van der Waals surface area contributed by atoms with Crippen molar-refractivity contribution in [1.82, 2.24) is 9.88 Å². The molecule has 1 atom stereocenters. The van der Waals surface area contributed by atoms with Crippen LogP contribution in [-0.2, 0) is 16.0 Å². The fourth-order valence-electron chi connectivity index (χ4n) is 4.99. The number of rotatable bonds is 7. The van der Waals surface area contributed by atoms with E-state index in [1.165, 1.54) is 33.2 Å². The molecule has 4 heteroatoms. The van der Waals surface area contributed by atoms with E-state index in [4.69, 9.17) is 4.74 Å². The van der Waals surface area contributed by atoms with Crippen molar-refractivity contribution in [3.63, 3.8) is 0 Å². The SMILES string of the molecule is CCOC(=O)C(CC)Cc1cccc(C)c1-c1cn(C2CCNCC2)c2ccccc12. The third-order valence-corrected chi connectivity index (χ3v) is 6.65. The van der Waals surface area contributed by atoms with Gasteiger partial charge >= 0.3 is 5.97 Å². The summed E-state index contributed by atoms with van der Waals surface area (Å²) in [6.07, 6.45) is 6.15. The molecule has 0 saturated carbocycles. The van der Waals surface area contributed by atoms with Crippen molar-refractivity contribution >= 4 is 16.9 Å². The molecule has 0 radical (unpaired) electrons. The lowest BCUT2D eigenvalue weighted by molar-refractivity contribution is -0.148. The number of esters is 1. The van der Waals surface area contributed by atoms with E-state index in [-0.39, 0.29) is 11.9 Å². The lowest BCUT2D eigenvalue weighted by atomic mass is 9.88. The maximum atomic E-state index is 12.5. The number of para-hydroxylation sites is 1. The molecule has 1 aliphatic rings. The Morgan fingerprint density at radius 3 is 2.65 bits per heavy atom. The van der Waals surface area contributed by atoms with Crippen LogP contribution in [0.3, 0.4) is 0 Å². The highest BCUT2D eigenvalue weighted by Gasteiger charge is 2.24. The van der Waals surface area contributed by atoms with E-state index in [1.807, 2.05) is 6.92 Å². The number of hydrogen-bond acceptors (Lipinski definition) is 3. The summed E-state index contributed by atoms with van der Waals surface area (Å²) >= 11 is 0. The molecular weight excluding hydrogens is 384 g/mol. The van der Waals surface area contributed by atoms with Crippen molar-refractivity contribution < 1.29 is 9.53 Å². The molecule has 0 bridgehead atoms. The Kier molecular flexibility index (Phi) is 6.77. The van der Waals surface area contributed by atoms with Crippen LogP contribution in [0.25, 0.3) is 22.0 Å². The van der Waals surface area contributed by atoms with Gasteiger partial charge in [0.05, 0.1) is 12.5 Å². The number of carbonyl (C=O) groups is 1. The normalized spacial score (nSPS) is 15.8. The van der Waals surface area contributed by atoms with Gasteiger partial charge in [0.2, 0.25) is 0 Å². The molecule has 2 aromatic carbocycles. The number of hydrogen-bond donors (Lipinski definition) is 1. The monoisotopic (exact) mass is 418 g/mol. The molecule has 1 aromatic heterocycles. The Hall–Kier alpha value is -2.59. The van der Waals surface area contributed by atoms with E-state index in [9.17, 15) is 4.79 Å². The predicted octanol–water partition coefficient (Wildman–Crippen LogP) is 5.67. The van der Waals surface area contributed by atoms with Crippen LogP contribution in [-0.4, -0.2) is 30.2 Å². The highest BCUT2D eigenvalue weighted by atomic mass is 16.5. The van der Waals surface area contributed by atoms with Crippen LogP contribution in [0, 0.1) is 12.8 Å². The molecule has 31 heavy (non-hydrogen) atoms. The van der Waals surface area contributed by atoms with Crippen molar-refractivity contribution in [3.8, 4) is 11.1 Å². The van der Waals surface area contributed by atoms with Gasteiger partial charge in [-0.15, -0.1) is 0 Å². The van der Waals surface area contributed by atoms with Crippen LogP contribution in [0.1, 0.15) is 50.3 Å². The summed E-state index contributed by atoms with van der Waals surface area (Å²) < 4.78 is 7.84. The van der Waals surface area contributed by atoms with Crippen LogP contribution in [0.2, 0.25) is 0 Å². The largest absolute Gasteiger partial charge is 0.466 e. The second-order valence-corrected chi connectivity index (χ2v) is 8.62. The van der Waals surface area contributed by atoms with Crippen molar-refractivity contribution in [3.05, 3.63) is 59.8 Å². The molecule has 1 fully saturated rings. The first-order chi connectivity index (χ1) is 15.1. The molecule has 4 rings (SSSR count). The Bertz CT molecular complexity index is 1050. The second-order valence-electron chi connectivity index (χ2n) is 8.62. The Labute approximate surface area is 185 Å². The minimum Gasteiger partial charge on any atom is -0.466 e. The number of benzene rings is 2. The maximum absolute atomic E-state index is 12.5. The summed E-state index contributed by atoms with van der Waals surface area (Å²) in [6, 6.07) is 15.7. The highest BCUT2D eigenvalue weighted by molar-refractivity contribution is 5.98. The molecular formula is C27H34N2O2. The molecule has 4 nitrogen and oxygen atoms in total. The summed E-state index contributed by atoms with van der Waals surface area (Å²) in [5.41, 5.74) is 6.34. The van der Waals surface area contributed by atoms with Gasteiger partial charge in [-0.05, 0) is 75.4 Å². The van der Waals surface area contributed by atoms with Gasteiger partial charge in [-0.1, -0.05) is 43.3 Å². The molecule has 164 valence electrons. The van der Waals surface area contributed by atoms with E-state index in [0.29, 0.717) is 19.1 Å². The molecule has 0 spiro atoms. The third-order valence-electron chi connectivity index (χ3n) is 6.65. The number of aryl methyl sites for hydroxylation is 1. The van der Waals surface area contributed by atoms with Gasteiger partial charge in [0.15, 0.2) is 0 Å². The topological polar surface area (TPSA) is 43.3 Å².